The Morgan fingerprint density at radius 2 is 1.95 bits per heavy atom. The lowest BCUT2D eigenvalue weighted by Gasteiger charge is -2.38. The van der Waals surface area contributed by atoms with Crippen LogP contribution in [0.1, 0.15) is 24.3 Å². The number of hydrogen-bond acceptors (Lipinski definition) is 3. The number of ketones is 1. The molecule has 1 aliphatic heterocycles. The van der Waals surface area contributed by atoms with Gasteiger partial charge in [0.25, 0.3) is 0 Å². The minimum absolute atomic E-state index is 0.283. The van der Waals surface area contributed by atoms with E-state index in [9.17, 15) is 4.79 Å². The summed E-state index contributed by atoms with van der Waals surface area (Å²) in [6.45, 7) is 6.53. The monoisotopic (exact) mass is 311 g/mol. The SMILES string of the molecule is CC1(C)CN(Cc2ccccc2)C/C(=C/c2cccs2)C1=O. The average molecular weight is 311 g/mol. The summed E-state index contributed by atoms with van der Waals surface area (Å²) in [6, 6.07) is 14.6. The maximum Gasteiger partial charge on any atom is 0.167 e. The van der Waals surface area contributed by atoms with Crippen molar-refractivity contribution in [1.29, 1.82) is 0 Å². The first-order chi connectivity index (χ1) is 10.5. The van der Waals surface area contributed by atoms with Gasteiger partial charge in [-0.3, -0.25) is 9.69 Å². The molecule has 1 fully saturated rings. The second-order valence-electron chi connectivity index (χ2n) is 6.53. The summed E-state index contributed by atoms with van der Waals surface area (Å²) in [5, 5.41) is 2.05. The second-order valence-corrected chi connectivity index (χ2v) is 7.51. The third-order valence-electron chi connectivity index (χ3n) is 4.03. The van der Waals surface area contributed by atoms with Crippen LogP contribution in [0.5, 0.6) is 0 Å². The van der Waals surface area contributed by atoms with Crippen molar-refractivity contribution in [3.63, 3.8) is 0 Å². The van der Waals surface area contributed by atoms with Crippen LogP contribution in [0.4, 0.5) is 0 Å². The van der Waals surface area contributed by atoms with Gasteiger partial charge in [-0.1, -0.05) is 50.2 Å². The van der Waals surface area contributed by atoms with E-state index in [1.54, 1.807) is 11.3 Å². The van der Waals surface area contributed by atoms with E-state index in [0.717, 1.165) is 30.1 Å². The summed E-state index contributed by atoms with van der Waals surface area (Å²) in [5.74, 6) is 0.283. The Kier molecular flexibility index (Phi) is 4.27. The zero-order chi connectivity index (χ0) is 15.6. The molecule has 3 rings (SSSR count). The van der Waals surface area contributed by atoms with Crippen LogP contribution in [0.25, 0.3) is 6.08 Å². The van der Waals surface area contributed by atoms with E-state index >= 15 is 0 Å². The second kappa shape index (κ2) is 6.19. The molecule has 0 aliphatic carbocycles. The summed E-state index contributed by atoms with van der Waals surface area (Å²) >= 11 is 1.68. The number of hydrogen-bond donors (Lipinski definition) is 0. The Labute approximate surface area is 136 Å². The Morgan fingerprint density at radius 3 is 2.64 bits per heavy atom. The fraction of sp³-hybridized carbons (Fsp3) is 0.316. The lowest BCUT2D eigenvalue weighted by molar-refractivity contribution is -0.126. The first kappa shape index (κ1) is 15.2. The van der Waals surface area contributed by atoms with E-state index in [4.69, 9.17) is 0 Å². The summed E-state index contributed by atoms with van der Waals surface area (Å²) in [4.78, 5) is 16.2. The highest BCUT2D eigenvalue weighted by Crippen LogP contribution is 2.31. The number of carbonyl (C=O) groups excluding carboxylic acids is 1. The van der Waals surface area contributed by atoms with Crippen LogP contribution < -0.4 is 0 Å². The first-order valence-electron chi connectivity index (χ1n) is 7.60. The molecule has 1 saturated heterocycles. The van der Waals surface area contributed by atoms with Crippen molar-refractivity contribution in [2.75, 3.05) is 13.1 Å². The standard InChI is InChI=1S/C19H21NOS/c1-19(2)14-20(12-15-7-4-3-5-8-15)13-16(18(19)21)11-17-9-6-10-22-17/h3-11H,12-14H2,1-2H3/b16-11-. The Bertz CT molecular complexity index is 671. The Balaban J connectivity index is 1.83. The fourth-order valence-corrected chi connectivity index (χ4v) is 3.73. The van der Waals surface area contributed by atoms with E-state index in [-0.39, 0.29) is 11.2 Å². The van der Waals surface area contributed by atoms with E-state index < -0.39 is 0 Å². The molecule has 0 saturated carbocycles. The number of piperidine rings is 1. The van der Waals surface area contributed by atoms with Gasteiger partial charge in [0, 0.05) is 35.5 Å². The number of carbonyl (C=O) groups is 1. The smallest absolute Gasteiger partial charge is 0.167 e. The number of benzene rings is 1. The molecule has 1 aromatic carbocycles. The van der Waals surface area contributed by atoms with Crippen LogP contribution >= 0.6 is 11.3 Å². The van der Waals surface area contributed by atoms with Crippen LogP contribution in [0, 0.1) is 5.41 Å². The van der Waals surface area contributed by atoms with Gasteiger partial charge in [0.05, 0.1) is 0 Å². The van der Waals surface area contributed by atoms with Crippen molar-refractivity contribution in [1.82, 2.24) is 4.90 Å². The summed E-state index contributed by atoms with van der Waals surface area (Å²) in [5.41, 5.74) is 1.90. The normalized spacial score (nSPS) is 20.5. The molecule has 22 heavy (non-hydrogen) atoms. The predicted molar refractivity (Wildman–Crippen MR) is 92.8 cm³/mol. The van der Waals surface area contributed by atoms with Crippen LogP contribution in [-0.2, 0) is 11.3 Å². The van der Waals surface area contributed by atoms with Crippen LogP contribution in [-0.4, -0.2) is 23.8 Å². The molecule has 0 N–H and O–H groups in total. The lowest BCUT2D eigenvalue weighted by Crippen LogP contribution is -2.47. The van der Waals surface area contributed by atoms with Crippen LogP contribution in [0.2, 0.25) is 0 Å². The molecule has 0 bridgehead atoms. The lowest BCUT2D eigenvalue weighted by atomic mass is 9.79. The van der Waals surface area contributed by atoms with E-state index in [1.807, 2.05) is 17.5 Å². The predicted octanol–water partition coefficient (Wildman–Crippen LogP) is 4.24. The van der Waals surface area contributed by atoms with Crippen molar-refractivity contribution in [2.45, 2.75) is 20.4 Å². The molecule has 2 nitrogen and oxygen atoms in total. The molecule has 114 valence electrons. The number of thiophene rings is 1. The third kappa shape index (κ3) is 3.37. The molecule has 3 heteroatoms. The topological polar surface area (TPSA) is 20.3 Å². The summed E-state index contributed by atoms with van der Waals surface area (Å²) < 4.78 is 0. The maximum atomic E-state index is 12.7. The molecule has 0 spiro atoms. The molecule has 0 radical (unpaired) electrons. The molecule has 0 amide bonds. The highest BCUT2D eigenvalue weighted by molar-refractivity contribution is 7.10. The fourth-order valence-electron chi connectivity index (χ4n) is 3.04. The van der Waals surface area contributed by atoms with Gasteiger partial charge in [0.2, 0.25) is 0 Å². The van der Waals surface area contributed by atoms with Crippen molar-refractivity contribution in [2.24, 2.45) is 5.41 Å². The van der Waals surface area contributed by atoms with E-state index in [1.165, 1.54) is 5.56 Å². The van der Waals surface area contributed by atoms with Gasteiger partial charge in [-0.25, -0.2) is 0 Å². The first-order valence-corrected chi connectivity index (χ1v) is 8.48. The average Bonchev–Trinajstić information content (AvgIpc) is 2.98. The van der Waals surface area contributed by atoms with Gasteiger partial charge in [-0.15, -0.1) is 11.3 Å². The minimum Gasteiger partial charge on any atom is -0.294 e. The molecule has 0 atom stereocenters. The summed E-state index contributed by atoms with van der Waals surface area (Å²) in [7, 11) is 0. The van der Waals surface area contributed by atoms with Crippen LogP contribution in [0.3, 0.4) is 0 Å². The molecule has 1 aliphatic rings. The van der Waals surface area contributed by atoms with Gasteiger partial charge < -0.3 is 0 Å². The maximum absolute atomic E-state index is 12.7. The van der Waals surface area contributed by atoms with Crippen molar-refractivity contribution < 1.29 is 4.79 Å². The number of Topliss-reactive ketones (excluding diaryl/α,β-unsaturated/α-hetero) is 1. The number of rotatable bonds is 3. The zero-order valence-corrected chi connectivity index (χ0v) is 13.9. The third-order valence-corrected chi connectivity index (χ3v) is 4.85. The number of likely N-dealkylation sites (tertiary alicyclic amines) is 1. The highest BCUT2D eigenvalue weighted by atomic mass is 32.1. The number of nitrogens with zero attached hydrogens (tertiary/aromatic N) is 1. The van der Waals surface area contributed by atoms with Gasteiger partial charge in [0.1, 0.15) is 0 Å². The molecule has 1 aromatic heterocycles. The highest BCUT2D eigenvalue weighted by Gasteiger charge is 2.37. The molecular formula is C19H21NOS. The van der Waals surface area contributed by atoms with Gasteiger partial charge in [-0.2, -0.15) is 0 Å². The molecule has 2 aromatic rings. The van der Waals surface area contributed by atoms with Gasteiger partial charge >= 0.3 is 0 Å². The Morgan fingerprint density at radius 1 is 1.18 bits per heavy atom. The van der Waals surface area contributed by atoms with Gasteiger partial charge in [-0.05, 0) is 23.1 Å². The van der Waals surface area contributed by atoms with Crippen molar-refractivity contribution in [3.8, 4) is 0 Å². The molecule has 0 unspecified atom stereocenters. The Hall–Kier alpha value is -1.71. The van der Waals surface area contributed by atoms with Crippen molar-refractivity contribution in [3.05, 3.63) is 63.9 Å². The van der Waals surface area contributed by atoms with Crippen molar-refractivity contribution >= 4 is 23.2 Å². The van der Waals surface area contributed by atoms with E-state index in [2.05, 4.69) is 55.2 Å². The minimum atomic E-state index is -0.323. The van der Waals surface area contributed by atoms with E-state index in [0.29, 0.717) is 0 Å². The summed E-state index contributed by atoms with van der Waals surface area (Å²) in [6.07, 6.45) is 2.06. The zero-order valence-electron chi connectivity index (χ0n) is 13.1. The largest absolute Gasteiger partial charge is 0.294 e. The van der Waals surface area contributed by atoms with Crippen LogP contribution in [0.15, 0.2) is 53.4 Å². The quantitative estimate of drug-likeness (QED) is 0.790. The molecular weight excluding hydrogens is 290 g/mol. The molecule has 2 heterocycles. The van der Waals surface area contributed by atoms with Gasteiger partial charge in [0.15, 0.2) is 5.78 Å².